The molecule has 0 saturated heterocycles. The van der Waals surface area contributed by atoms with Gasteiger partial charge in [0, 0.05) is 11.9 Å². The number of nitrogens with zero attached hydrogens (tertiary/aromatic N) is 2. The van der Waals surface area contributed by atoms with E-state index in [1.807, 2.05) is 37.3 Å². The molecule has 0 amide bonds. The molecule has 0 spiro atoms. The molecule has 1 aromatic heterocycles. The zero-order valence-corrected chi connectivity index (χ0v) is 20.0. The molecule has 3 aromatic rings. The molecule has 1 fully saturated rings. The van der Waals surface area contributed by atoms with Crippen LogP contribution < -0.4 is 5.32 Å². The Kier molecular flexibility index (Phi) is 7.04. The van der Waals surface area contributed by atoms with Gasteiger partial charge in [0.2, 0.25) is 5.95 Å². The molecule has 1 aliphatic carbocycles. The van der Waals surface area contributed by atoms with Crippen LogP contribution >= 0.6 is 0 Å². The predicted octanol–water partition coefficient (Wildman–Crippen LogP) is 6.31. The maximum Gasteiger partial charge on any atom is 0.433 e. The normalized spacial score (nSPS) is 19.9. The van der Waals surface area contributed by atoms with E-state index in [9.17, 15) is 28.2 Å². The van der Waals surface area contributed by atoms with E-state index in [1.165, 1.54) is 0 Å². The second-order valence-electron chi connectivity index (χ2n) is 9.59. The Bertz CT molecular complexity index is 1240. The molecule has 1 atom stereocenters. The lowest BCUT2D eigenvalue weighted by atomic mass is 9.71. The van der Waals surface area contributed by atoms with Gasteiger partial charge >= 0.3 is 12.1 Å². The monoisotopic (exact) mass is 499 g/mol. The minimum atomic E-state index is -4.56. The SMILES string of the molecule is Cc1cc(Nc2nccc(C(F)(F)F)n2)cc(-c2ccc([C@@](C)(O)[C@H]3CC[C@H](C(=O)O)CC3)cc2)c1. The second-order valence-corrected chi connectivity index (χ2v) is 9.59. The number of carbonyl (C=O) groups is 1. The Hall–Kier alpha value is -3.46. The number of carboxylic acid groups (broad SMARTS) is 1. The van der Waals surface area contributed by atoms with E-state index in [-0.39, 0.29) is 17.8 Å². The zero-order chi connectivity index (χ0) is 26.1. The van der Waals surface area contributed by atoms with Gasteiger partial charge in [-0.1, -0.05) is 30.3 Å². The molecule has 9 heteroatoms. The number of aliphatic hydroxyl groups is 1. The van der Waals surface area contributed by atoms with E-state index in [0.29, 0.717) is 31.4 Å². The predicted molar refractivity (Wildman–Crippen MR) is 130 cm³/mol. The first-order valence-electron chi connectivity index (χ1n) is 11.8. The number of aromatic nitrogens is 2. The maximum absolute atomic E-state index is 13.0. The average Bonchev–Trinajstić information content (AvgIpc) is 2.83. The minimum absolute atomic E-state index is 0.0267. The van der Waals surface area contributed by atoms with Crippen molar-refractivity contribution in [1.82, 2.24) is 9.97 Å². The summed E-state index contributed by atoms with van der Waals surface area (Å²) >= 11 is 0. The number of anilines is 2. The van der Waals surface area contributed by atoms with E-state index < -0.39 is 23.4 Å². The van der Waals surface area contributed by atoms with E-state index in [1.54, 1.807) is 19.1 Å². The molecular weight excluding hydrogens is 471 g/mol. The molecule has 2 aromatic carbocycles. The number of rotatable bonds is 6. The Labute approximate surface area is 207 Å². The highest BCUT2D eigenvalue weighted by Gasteiger charge is 2.38. The topological polar surface area (TPSA) is 95.3 Å². The van der Waals surface area contributed by atoms with Gasteiger partial charge in [0.25, 0.3) is 0 Å². The standard InChI is InChI=1S/C27H28F3N3O3/c1-16-13-19(15-22(14-16)32-25-31-12-11-23(33-25)27(28,29)30)17-3-7-20(8-4-17)26(2,36)21-9-5-18(6-10-21)24(34)35/h3-4,7-8,11-15,18,21,36H,5-6,9-10H2,1-2H3,(H,34,35)(H,31,32,33)/t18-,21-,26-/m1/s1. The molecule has 0 bridgehead atoms. The van der Waals surface area contributed by atoms with Crippen molar-refractivity contribution >= 4 is 17.6 Å². The van der Waals surface area contributed by atoms with Gasteiger partial charge in [-0.2, -0.15) is 13.2 Å². The number of aryl methyl sites for hydroxylation is 1. The van der Waals surface area contributed by atoms with E-state index >= 15 is 0 Å². The first kappa shape index (κ1) is 25.6. The highest BCUT2D eigenvalue weighted by Crippen LogP contribution is 2.41. The van der Waals surface area contributed by atoms with Gasteiger partial charge in [-0.3, -0.25) is 4.79 Å². The summed E-state index contributed by atoms with van der Waals surface area (Å²) in [6.45, 7) is 3.66. The summed E-state index contributed by atoms with van der Waals surface area (Å²) in [5.41, 5.74) is 1.82. The number of hydrogen-bond donors (Lipinski definition) is 3. The van der Waals surface area contributed by atoms with Crippen molar-refractivity contribution in [2.24, 2.45) is 11.8 Å². The molecule has 0 unspecified atom stereocenters. The minimum Gasteiger partial charge on any atom is -0.481 e. The van der Waals surface area contributed by atoms with Crippen LogP contribution in [0.4, 0.5) is 24.8 Å². The largest absolute Gasteiger partial charge is 0.481 e. The van der Waals surface area contributed by atoms with Gasteiger partial charge in [-0.15, -0.1) is 0 Å². The van der Waals surface area contributed by atoms with Crippen molar-refractivity contribution in [1.29, 1.82) is 0 Å². The Morgan fingerprint density at radius 2 is 1.67 bits per heavy atom. The van der Waals surface area contributed by atoms with Crippen molar-refractivity contribution in [3.8, 4) is 11.1 Å². The first-order valence-corrected chi connectivity index (χ1v) is 11.8. The van der Waals surface area contributed by atoms with Crippen LogP contribution in [0.25, 0.3) is 11.1 Å². The lowest BCUT2D eigenvalue weighted by Crippen LogP contribution is -2.35. The summed E-state index contributed by atoms with van der Waals surface area (Å²) in [5.74, 6) is -1.29. The van der Waals surface area contributed by atoms with Gasteiger partial charge < -0.3 is 15.5 Å². The number of halogens is 3. The molecule has 3 N–H and O–H groups in total. The van der Waals surface area contributed by atoms with Crippen LogP contribution in [0.2, 0.25) is 0 Å². The molecule has 0 aliphatic heterocycles. The third kappa shape index (κ3) is 5.67. The number of nitrogens with one attached hydrogen (secondary N) is 1. The third-order valence-electron chi connectivity index (χ3n) is 6.95. The van der Waals surface area contributed by atoms with Gasteiger partial charge in [-0.25, -0.2) is 9.97 Å². The number of carboxylic acids is 1. The Morgan fingerprint density at radius 3 is 2.28 bits per heavy atom. The number of benzene rings is 2. The summed E-state index contributed by atoms with van der Waals surface area (Å²) in [4.78, 5) is 18.7. The zero-order valence-electron chi connectivity index (χ0n) is 20.0. The first-order chi connectivity index (χ1) is 16.9. The van der Waals surface area contributed by atoms with Gasteiger partial charge in [0.1, 0.15) is 5.69 Å². The molecule has 6 nitrogen and oxygen atoms in total. The van der Waals surface area contributed by atoms with Crippen molar-refractivity contribution < 1.29 is 28.2 Å². The Morgan fingerprint density at radius 1 is 1.00 bits per heavy atom. The van der Waals surface area contributed by atoms with Crippen molar-refractivity contribution in [2.75, 3.05) is 5.32 Å². The van der Waals surface area contributed by atoms with Crippen LogP contribution in [-0.4, -0.2) is 26.2 Å². The second kappa shape index (κ2) is 9.89. The van der Waals surface area contributed by atoms with E-state index in [4.69, 9.17) is 0 Å². The summed E-state index contributed by atoms with van der Waals surface area (Å²) < 4.78 is 38.9. The van der Waals surface area contributed by atoms with Crippen LogP contribution in [0, 0.1) is 18.8 Å². The molecule has 1 aliphatic rings. The quantitative estimate of drug-likeness (QED) is 0.368. The van der Waals surface area contributed by atoms with Gasteiger partial charge in [-0.05, 0) is 85.9 Å². The molecule has 36 heavy (non-hydrogen) atoms. The van der Waals surface area contributed by atoms with E-state index in [0.717, 1.165) is 34.5 Å². The van der Waals surface area contributed by atoms with Crippen LogP contribution in [-0.2, 0) is 16.6 Å². The fourth-order valence-electron chi connectivity index (χ4n) is 4.87. The van der Waals surface area contributed by atoms with E-state index in [2.05, 4.69) is 15.3 Å². The van der Waals surface area contributed by atoms with Gasteiger partial charge in [0.05, 0.1) is 11.5 Å². The molecule has 190 valence electrons. The van der Waals surface area contributed by atoms with Crippen LogP contribution in [0.5, 0.6) is 0 Å². The molecular formula is C27H28F3N3O3. The number of aliphatic carboxylic acids is 1. The smallest absolute Gasteiger partial charge is 0.433 e. The van der Waals surface area contributed by atoms with Crippen LogP contribution in [0.1, 0.15) is 49.4 Å². The van der Waals surface area contributed by atoms with Crippen molar-refractivity contribution in [3.05, 3.63) is 71.5 Å². The van der Waals surface area contributed by atoms with Crippen molar-refractivity contribution in [2.45, 2.75) is 51.3 Å². The number of alkyl halides is 3. The average molecular weight is 500 g/mol. The summed E-state index contributed by atoms with van der Waals surface area (Å²) in [6.07, 6.45) is -1.08. The summed E-state index contributed by atoms with van der Waals surface area (Å²) in [5, 5.41) is 23.4. The third-order valence-corrected chi connectivity index (χ3v) is 6.95. The fraction of sp³-hybridized carbons (Fsp3) is 0.370. The highest BCUT2D eigenvalue weighted by atomic mass is 19.4. The lowest BCUT2D eigenvalue weighted by Gasteiger charge is -2.37. The Balaban J connectivity index is 1.52. The van der Waals surface area contributed by atoms with Crippen LogP contribution in [0.3, 0.4) is 0 Å². The van der Waals surface area contributed by atoms with Gasteiger partial charge in [0.15, 0.2) is 0 Å². The molecule has 1 heterocycles. The molecule has 4 rings (SSSR count). The summed E-state index contributed by atoms with van der Waals surface area (Å²) in [7, 11) is 0. The molecule has 1 saturated carbocycles. The number of hydrogen-bond acceptors (Lipinski definition) is 5. The maximum atomic E-state index is 13.0. The fourth-order valence-corrected chi connectivity index (χ4v) is 4.87. The molecule has 0 radical (unpaired) electrons. The van der Waals surface area contributed by atoms with Crippen LogP contribution in [0.15, 0.2) is 54.7 Å². The lowest BCUT2D eigenvalue weighted by molar-refractivity contribution is -0.144. The summed E-state index contributed by atoms with van der Waals surface area (Å²) in [6, 6.07) is 13.9. The van der Waals surface area contributed by atoms with Crippen molar-refractivity contribution in [3.63, 3.8) is 0 Å². The highest BCUT2D eigenvalue weighted by molar-refractivity contribution is 5.71.